The summed E-state index contributed by atoms with van der Waals surface area (Å²) in [6, 6.07) is 17.0. The molecule has 142 valence electrons. The van der Waals surface area contributed by atoms with Crippen LogP contribution in [0.15, 0.2) is 60.7 Å². The number of hydrogen-bond donors (Lipinski definition) is 2. The first-order valence-corrected chi connectivity index (χ1v) is 8.40. The molecule has 0 saturated heterocycles. The van der Waals surface area contributed by atoms with Gasteiger partial charge in [-0.3, -0.25) is 14.9 Å². The molecule has 0 aliphatic heterocycles. The number of amides is 1. The third kappa shape index (κ3) is 4.07. The highest BCUT2D eigenvalue weighted by Crippen LogP contribution is 2.25. The van der Waals surface area contributed by atoms with Gasteiger partial charge >= 0.3 is 5.97 Å². The molecule has 0 aliphatic rings. The van der Waals surface area contributed by atoms with Crippen molar-refractivity contribution in [3.8, 4) is 0 Å². The lowest BCUT2D eigenvalue weighted by Gasteiger charge is -2.09. The minimum absolute atomic E-state index is 0.0105. The molecule has 3 rings (SSSR count). The van der Waals surface area contributed by atoms with Crippen molar-refractivity contribution in [2.24, 2.45) is 0 Å². The Morgan fingerprint density at radius 3 is 2.54 bits per heavy atom. The molecule has 0 radical (unpaired) electrons. The van der Waals surface area contributed by atoms with Gasteiger partial charge in [0.25, 0.3) is 11.6 Å². The normalized spacial score (nSPS) is 10.3. The summed E-state index contributed by atoms with van der Waals surface area (Å²) >= 11 is 0. The van der Waals surface area contributed by atoms with Crippen molar-refractivity contribution in [2.75, 3.05) is 24.3 Å². The van der Waals surface area contributed by atoms with Crippen molar-refractivity contribution in [2.45, 2.75) is 0 Å². The summed E-state index contributed by atoms with van der Waals surface area (Å²) in [5.74, 6) is -1.33. The third-order valence-electron chi connectivity index (χ3n) is 4.10. The highest BCUT2D eigenvalue weighted by Gasteiger charge is 2.18. The van der Waals surface area contributed by atoms with E-state index >= 15 is 0 Å². The van der Waals surface area contributed by atoms with E-state index in [2.05, 4.69) is 10.6 Å². The lowest BCUT2D eigenvalue weighted by atomic mass is 10.1. The molecular formula is C20H17N3O5. The Morgan fingerprint density at radius 1 is 1.04 bits per heavy atom. The van der Waals surface area contributed by atoms with E-state index in [1.807, 2.05) is 36.4 Å². The van der Waals surface area contributed by atoms with Gasteiger partial charge in [0, 0.05) is 24.2 Å². The summed E-state index contributed by atoms with van der Waals surface area (Å²) in [5.41, 5.74) is 0.615. The molecule has 8 nitrogen and oxygen atoms in total. The van der Waals surface area contributed by atoms with Gasteiger partial charge in [-0.1, -0.05) is 36.4 Å². The maximum Gasteiger partial charge on any atom is 0.338 e. The number of fused-ring (bicyclic) bond motifs is 1. The number of nitrogens with zero attached hydrogens (tertiary/aromatic N) is 1. The monoisotopic (exact) mass is 379 g/mol. The molecule has 8 heteroatoms. The van der Waals surface area contributed by atoms with Crippen molar-refractivity contribution in [1.29, 1.82) is 0 Å². The van der Waals surface area contributed by atoms with E-state index in [0.717, 1.165) is 16.8 Å². The second-order valence-corrected chi connectivity index (χ2v) is 5.89. The molecule has 28 heavy (non-hydrogen) atoms. The summed E-state index contributed by atoms with van der Waals surface area (Å²) in [6.45, 7) is -0.510. The molecule has 0 heterocycles. The Hall–Kier alpha value is -3.94. The van der Waals surface area contributed by atoms with Crippen LogP contribution in [0.4, 0.5) is 17.1 Å². The highest BCUT2D eigenvalue weighted by molar-refractivity contribution is 6.03. The average Bonchev–Trinajstić information content (AvgIpc) is 2.71. The number of nitro benzene ring substituents is 1. The number of hydrogen-bond acceptors (Lipinski definition) is 6. The second kappa shape index (κ2) is 8.17. The smallest absolute Gasteiger partial charge is 0.338 e. The van der Waals surface area contributed by atoms with Crippen LogP contribution >= 0.6 is 0 Å². The molecule has 0 saturated carbocycles. The number of esters is 1. The zero-order valence-electron chi connectivity index (χ0n) is 15.0. The fourth-order valence-electron chi connectivity index (χ4n) is 2.76. The first-order chi connectivity index (χ1) is 13.5. The lowest BCUT2D eigenvalue weighted by molar-refractivity contribution is -0.384. The summed E-state index contributed by atoms with van der Waals surface area (Å²) in [4.78, 5) is 34.8. The minimum Gasteiger partial charge on any atom is -0.452 e. The molecule has 0 atom stereocenters. The zero-order valence-corrected chi connectivity index (χ0v) is 15.0. The Morgan fingerprint density at radius 2 is 1.79 bits per heavy atom. The topological polar surface area (TPSA) is 111 Å². The molecule has 3 aromatic carbocycles. The van der Waals surface area contributed by atoms with Crippen molar-refractivity contribution in [1.82, 2.24) is 0 Å². The third-order valence-corrected chi connectivity index (χ3v) is 4.10. The Bertz CT molecular complexity index is 1060. The number of carbonyl (C=O) groups is 2. The van der Waals surface area contributed by atoms with E-state index in [0.29, 0.717) is 5.69 Å². The molecule has 0 spiro atoms. The van der Waals surface area contributed by atoms with Gasteiger partial charge in [-0.05, 0) is 23.6 Å². The van der Waals surface area contributed by atoms with E-state index in [-0.39, 0.29) is 16.9 Å². The predicted octanol–water partition coefficient (Wildman–Crippen LogP) is 3.59. The Balaban J connectivity index is 1.67. The van der Waals surface area contributed by atoms with E-state index in [4.69, 9.17) is 4.74 Å². The SMILES string of the molecule is CNc1ccc(C(=O)OCC(=O)Nc2cccc3ccccc23)cc1[N+](=O)[O-]. The lowest BCUT2D eigenvalue weighted by Crippen LogP contribution is -2.21. The number of nitrogens with one attached hydrogen (secondary N) is 2. The van der Waals surface area contributed by atoms with Crippen LogP contribution in [0.2, 0.25) is 0 Å². The van der Waals surface area contributed by atoms with Crippen LogP contribution < -0.4 is 10.6 Å². The minimum atomic E-state index is -0.821. The Labute approximate surface area is 160 Å². The maximum atomic E-state index is 12.2. The van der Waals surface area contributed by atoms with Crippen molar-refractivity contribution in [3.05, 3.63) is 76.3 Å². The van der Waals surface area contributed by atoms with Crippen molar-refractivity contribution in [3.63, 3.8) is 0 Å². The molecular weight excluding hydrogens is 362 g/mol. The molecule has 1 amide bonds. The van der Waals surface area contributed by atoms with Crippen LogP contribution in [0.5, 0.6) is 0 Å². The summed E-state index contributed by atoms with van der Waals surface area (Å²) in [7, 11) is 1.54. The van der Waals surface area contributed by atoms with Crippen LogP contribution in [0, 0.1) is 10.1 Å². The first-order valence-electron chi connectivity index (χ1n) is 8.40. The molecule has 0 aliphatic carbocycles. The summed E-state index contributed by atoms with van der Waals surface area (Å²) in [6.07, 6.45) is 0. The number of benzene rings is 3. The molecule has 2 N–H and O–H groups in total. The first kappa shape index (κ1) is 18.8. The van der Waals surface area contributed by atoms with Crippen LogP contribution in [-0.2, 0) is 9.53 Å². The van der Waals surface area contributed by atoms with E-state index in [1.54, 1.807) is 6.07 Å². The van der Waals surface area contributed by atoms with Crippen LogP contribution in [0.3, 0.4) is 0 Å². The van der Waals surface area contributed by atoms with Gasteiger partial charge in [-0.2, -0.15) is 0 Å². The van der Waals surface area contributed by atoms with Crippen LogP contribution in [0.25, 0.3) is 10.8 Å². The van der Waals surface area contributed by atoms with Gasteiger partial charge < -0.3 is 15.4 Å². The average molecular weight is 379 g/mol. The molecule has 0 fully saturated rings. The summed E-state index contributed by atoms with van der Waals surface area (Å²) < 4.78 is 4.99. The van der Waals surface area contributed by atoms with Gasteiger partial charge in [0.2, 0.25) is 0 Å². The standard InChI is InChI=1S/C20H17N3O5/c1-21-17-10-9-14(11-18(17)23(26)27)20(25)28-12-19(24)22-16-8-4-6-13-5-2-3-7-15(13)16/h2-11,21H,12H2,1H3,(H,22,24). The number of nitro groups is 1. The highest BCUT2D eigenvalue weighted by atomic mass is 16.6. The van der Waals surface area contributed by atoms with E-state index < -0.39 is 23.4 Å². The van der Waals surface area contributed by atoms with Crippen LogP contribution in [0.1, 0.15) is 10.4 Å². The van der Waals surface area contributed by atoms with E-state index in [9.17, 15) is 19.7 Å². The fraction of sp³-hybridized carbons (Fsp3) is 0.100. The molecule has 0 bridgehead atoms. The molecule has 0 aromatic heterocycles. The number of anilines is 2. The van der Waals surface area contributed by atoms with Gasteiger partial charge in [-0.25, -0.2) is 4.79 Å². The van der Waals surface area contributed by atoms with Gasteiger partial charge in [0.1, 0.15) is 5.69 Å². The number of carbonyl (C=O) groups excluding carboxylic acids is 2. The molecule has 3 aromatic rings. The second-order valence-electron chi connectivity index (χ2n) is 5.89. The van der Waals surface area contributed by atoms with Gasteiger partial charge in [0.15, 0.2) is 6.61 Å². The van der Waals surface area contributed by atoms with Crippen molar-refractivity contribution < 1.29 is 19.2 Å². The number of ether oxygens (including phenoxy) is 1. The zero-order chi connectivity index (χ0) is 20.1. The van der Waals surface area contributed by atoms with Gasteiger partial charge in [-0.15, -0.1) is 0 Å². The Kier molecular flexibility index (Phi) is 5.50. The fourth-order valence-corrected chi connectivity index (χ4v) is 2.76. The number of rotatable bonds is 6. The predicted molar refractivity (Wildman–Crippen MR) is 106 cm³/mol. The maximum absolute atomic E-state index is 12.2. The summed E-state index contributed by atoms with van der Waals surface area (Å²) in [5, 5.41) is 18.3. The van der Waals surface area contributed by atoms with Crippen LogP contribution in [-0.4, -0.2) is 30.5 Å². The quantitative estimate of drug-likeness (QED) is 0.385. The largest absolute Gasteiger partial charge is 0.452 e. The van der Waals surface area contributed by atoms with E-state index in [1.165, 1.54) is 19.2 Å². The molecule has 0 unspecified atom stereocenters. The van der Waals surface area contributed by atoms with Gasteiger partial charge in [0.05, 0.1) is 10.5 Å². The van der Waals surface area contributed by atoms with Crippen molar-refractivity contribution >= 4 is 39.7 Å².